The summed E-state index contributed by atoms with van der Waals surface area (Å²) in [6.45, 7) is 1.36. The topological polar surface area (TPSA) is 156 Å². The molecule has 0 saturated carbocycles. The number of carbonyl (C=O) groups excluding carboxylic acids is 2. The molecular weight excluding hydrogens is 312 g/mol. The van der Waals surface area contributed by atoms with Crippen molar-refractivity contribution in [1.29, 1.82) is 0 Å². The van der Waals surface area contributed by atoms with Gasteiger partial charge in [-0.25, -0.2) is 0 Å². The fourth-order valence-electron chi connectivity index (χ4n) is 1.91. The van der Waals surface area contributed by atoms with Crippen LogP contribution in [0.3, 0.4) is 0 Å². The molecule has 0 aliphatic carbocycles. The molecule has 7 N–H and O–H groups in total. The van der Waals surface area contributed by atoms with Gasteiger partial charge in [0.05, 0.1) is 11.6 Å². The smallest absolute Gasteiger partial charge is 0.282 e. The summed E-state index contributed by atoms with van der Waals surface area (Å²) in [7, 11) is 0. The Morgan fingerprint density at radius 3 is 2.46 bits per heavy atom. The Kier molecular flexibility index (Phi) is 5.40. The number of aromatic amines is 1. The molecule has 0 aliphatic rings. The Balaban J connectivity index is 2.17. The van der Waals surface area contributed by atoms with Crippen LogP contribution in [0.25, 0.3) is 11.1 Å². The van der Waals surface area contributed by atoms with Gasteiger partial charge in [0.25, 0.3) is 5.56 Å². The predicted octanol–water partition coefficient (Wildman–Crippen LogP) is -0.380. The summed E-state index contributed by atoms with van der Waals surface area (Å²) in [4.78, 5) is 41.1. The molecule has 1 heterocycles. The predicted molar refractivity (Wildman–Crippen MR) is 90.3 cm³/mol. The van der Waals surface area contributed by atoms with E-state index in [-0.39, 0.29) is 24.3 Å². The van der Waals surface area contributed by atoms with Crippen molar-refractivity contribution in [1.82, 2.24) is 9.97 Å². The highest BCUT2D eigenvalue weighted by Gasteiger charge is 2.12. The molecule has 1 aromatic carbocycles. The molecule has 0 fully saturated rings. The van der Waals surface area contributed by atoms with Crippen LogP contribution in [0, 0.1) is 0 Å². The molecule has 9 nitrogen and oxygen atoms in total. The summed E-state index contributed by atoms with van der Waals surface area (Å²) < 4.78 is 0. The maximum atomic E-state index is 12.0. The van der Waals surface area contributed by atoms with E-state index in [1.807, 2.05) is 0 Å². The number of carbonyl (C=O) groups is 2. The molecule has 0 radical (unpaired) electrons. The number of nitrogens with two attached hydrogens (primary N) is 2. The molecule has 126 valence electrons. The van der Waals surface area contributed by atoms with Crippen LogP contribution in [0.15, 0.2) is 35.3 Å². The molecule has 2 amide bonds. The summed E-state index contributed by atoms with van der Waals surface area (Å²) in [5.41, 5.74) is 11.9. The van der Waals surface area contributed by atoms with E-state index in [2.05, 4.69) is 20.6 Å². The molecule has 1 aromatic heterocycles. The number of hydrogen-bond acceptors (Lipinski definition) is 6. The van der Waals surface area contributed by atoms with E-state index in [4.69, 9.17) is 11.5 Å². The van der Waals surface area contributed by atoms with Crippen molar-refractivity contribution < 1.29 is 9.59 Å². The Morgan fingerprint density at radius 2 is 1.92 bits per heavy atom. The van der Waals surface area contributed by atoms with Gasteiger partial charge in [-0.1, -0.05) is 12.1 Å². The average Bonchev–Trinajstić information content (AvgIpc) is 2.54. The van der Waals surface area contributed by atoms with Gasteiger partial charge in [0, 0.05) is 25.4 Å². The van der Waals surface area contributed by atoms with Crippen LogP contribution < -0.4 is 27.7 Å². The lowest BCUT2D eigenvalue weighted by Crippen LogP contribution is -2.41. The minimum atomic E-state index is -0.780. The van der Waals surface area contributed by atoms with Crippen LogP contribution >= 0.6 is 0 Å². The van der Waals surface area contributed by atoms with Gasteiger partial charge in [-0.05, 0) is 17.7 Å². The van der Waals surface area contributed by atoms with E-state index >= 15 is 0 Å². The standard InChI is InChI=1S/C15H18N6O3/c1-8(22)19-15-18-7-11(13(23)21-15)9-2-4-10(5-3-9)20-14(24)12(17)6-16/h2-5,7,12H,6,16-17H2,1H3,(H,20,24)(H2,18,19,21,22,23)/t12-/m1/s1. The quantitative estimate of drug-likeness (QED) is 0.503. The fraction of sp³-hybridized carbons (Fsp3) is 0.200. The number of nitrogens with one attached hydrogen (secondary N) is 3. The number of hydrogen-bond donors (Lipinski definition) is 5. The summed E-state index contributed by atoms with van der Waals surface area (Å²) >= 11 is 0. The molecule has 0 bridgehead atoms. The zero-order valence-electron chi connectivity index (χ0n) is 13.0. The summed E-state index contributed by atoms with van der Waals surface area (Å²) in [5.74, 6) is -0.637. The highest BCUT2D eigenvalue weighted by atomic mass is 16.2. The molecule has 9 heteroatoms. The third-order valence-electron chi connectivity index (χ3n) is 3.15. The van der Waals surface area contributed by atoms with Crippen molar-refractivity contribution >= 4 is 23.5 Å². The number of benzene rings is 1. The van der Waals surface area contributed by atoms with Gasteiger partial charge in [0.1, 0.15) is 0 Å². The molecule has 0 spiro atoms. The van der Waals surface area contributed by atoms with Gasteiger partial charge in [0.15, 0.2) is 0 Å². The van der Waals surface area contributed by atoms with Crippen LogP contribution in [0.5, 0.6) is 0 Å². The number of nitrogens with zero attached hydrogens (tertiary/aromatic N) is 1. The molecule has 1 atom stereocenters. The normalized spacial score (nSPS) is 11.6. The highest BCUT2D eigenvalue weighted by molar-refractivity contribution is 5.95. The Labute approximate surface area is 137 Å². The summed E-state index contributed by atoms with van der Waals surface area (Å²) in [6.07, 6.45) is 1.46. The SMILES string of the molecule is CC(=O)Nc1nc(=O)c(-c2ccc(NC(=O)[C@H](N)CN)cc2)c[nH]1. The summed E-state index contributed by atoms with van der Waals surface area (Å²) in [6, 6.07) is 5.81. The number of aromatic nitrogens is 2. The van der Waals surface area contributed by atoms with Gasteiger partial charge in [-0.3, -0.25) is 19.7 Å². The minimum absolute atomic E-state index is 0.0472. The first-order chi connectivity index (χ1) is 11.4. The first-order valence-electron chi connectivity index (χ1n) is 7.15. The fourth-order valence-corrected chi connectivity index (χ4v) is 1.91. The van der Waals surface area contributed by atoms with Crippen LogP contribution in [0.2, 0.25) is 0 Å². The lowest BCUT2D eigenvalue weighted by molar-refractivity contribution is -0.117. The maximum Gasteiger partial charge on any atom is 0.282 e. The number of anilines is 2. The number of rotatable bonds is 5. The van der Waals surface area contributed by atoms with Gasteiger partial charge in [-0.15, -0.1) is 0 Å². The number of amides is 2. The lowest BCUT2D eigenvalue weighted by atomic mass is 10.1. The molecule has 24 heavy (non-hydrogen) atoms. The third-order valence-corrected chi connectivity index (χ3v) is 3.15. The second-order valence-electron chi connectivity index (χ2n) is 5.06. The van der Waals surface area contributed by atoms with E-state index in [1.54, 1.807) is 24.3 Å². The van der Waals surface area contributed by atoms with Crippen LogP contribution in [-0.4, -0.2) is 34.4 Å². The van der Waals surface area contributed by atoms with Crippen LogP contribution in [0.1, 0.15) is 6.92 Å². The molecule has 0 unspecified atom stereocenters. The summed E-state index contributed by atoms with van der Waals surface area (Å²) in [5, 5.41) is 5.02. The van der Waals surface area contributed by atoms with Gasteiger partial charge >= 0.3 is 0 Å². The average molecular weight is 330 g/mol. The van der Waals surface area contributed by atoms with Crippen molar-refractivity contribution in [2.45, 2.75) is 13.0 Å². The van der Waals surface area contributed by atoms with Crippen molar-refractivity contribution in [3.8, 4) is 11.1 Å². The zero-order chi connectivity index (χ0) is 17.7. The Bertz CT molecular complexity index is 800. The van der Waals surface area contributed by atoms with Crippen molar-refractivity contribution in [3.05, 3.63) is 40.8 Å². The first-order valence-corrected chi connectivity index (χ1v) is 7.15. The van der Waals surface area contributed by atoms with Crippen molar-refractivity contribution in [2.75, 3.05) is 17.2 Å². The molecule has 0 saturated heterocycles. The van der Waals surface area contributed by atoms with E-state index in [9.17, 15) is 14.4 Å². The molecule has 0 aliphatic heterocycles. The van der Waals surface area contributed by atoms with Gasteiger partial charge in [-0.2, -0.15) is 4.98 Å². The van der Waals surface area contributed by atoms with Crippen LogP contribution in [0.4, 0.5) is 11.6 Å². The van der Waals surface area contributed by atoms with E-state index in [1.165, 1.54) is 13.1 Å². The second kappa shape index (κ2) is 7.49. The largest absolute Gasteiger partial charge is 0.331 e. The maximum absolute atomic E-state index is 12.0. The molecule has 2 aromatic rings. The van der Waals surface area contributed by atoms with E-state index in [0.717, 1.165) is 0 Å². The van der Waals surface area contributed by atoms with E-state index in [0.29, 0.717) is 16.8 Å². The second-order valence-corrected chi connectivity index (χ2v) is 5.06. The van der Waals surface area contributed by atoms with E-state index < -0.39 is 11.6 Å². The minimum Gasteiger partial charge on any atom is -0.331 e. The van der Waals surface area contributed by atoms with Crippen molar-refractivity contribution in [3.63, 3.8) is 0 Å². The zero-order valence-corrected chi connectivity index (χ0v) is 13.0. The monoisotopic (exact) mass is 330 g/mol. The Hall–Kier alpha value is -3.04. The third kappa shape index (κ3) is 4.24. The lowest BCUT2D eigenvalue weighted by Gasteiger charge is -2.10. The number of H-pyrrole nitrogens is 1. The van der Waals surface area contributed by atoms with Gasteiger partial charge in [0.2, 0.25) is 17.8 Å². The molecule has 2 rings (SSSR count). The van der Waals surface area contributed by atoms with Crippen LogP contribution in [-0.2, 0) is 9.59 Å². The highest BCUT2D eigenvalue weighted by Crippen LogP contribution is 2.18. The van der Waals surface area contributed by atoms with Crippen molar-refractivity contribution in [2.24, 2.45) is 11.5 Å². The Morgan fingerprint density at radius 1 is 1.25 bits per heavy atom. The van der Waals surface area contributed by atoms with Gasteiger partial charge < -0.3 is 21.8 Å². The first kappa shape index (κ1) is 17.3. The molecular formula is C15H18N6O3.